The van der Waals surface area contributed by atoms with E-state index in [1.54, 1.807) is 0 Å². The third-order valence-electron chi connectivity index (χ3n) is 5.35. The molecular formula is C26H24BrP. The van der Waals surface area contributed by atoms with Gasteiger partial charge in [0.05, 0.1) is 0 Å². The van der Waals surface area contributed by atoms with Crippen molar-refractivity contribution in [3.8, 4) is 0 Å². The molecule has 0 heterocycles. The summed E-state index contributed by atoms with van der Waals surface area (Å²) in [6, 6.07) is 44.2. The summed E-state index contributed by atoms with van der Waals surface area (Å²) >= 11 is 0. The van der Waals surface area contributed by atoms with Crippen LogP contribution < -0.4 is 32.9 Å². The first-order valence-corrected chi connectivity index (χ1v) is 11.3. The maximum absolute atomic E-state index is 2.40. The normalized spacial score (nSPS) is 12.0. The Morgan fingerprint density at radius 3 is 1.07 bits per heavy atom. The highest BCUT2D eigenvalue weighted by Crippen LogP contribution is 2.66. The fraction of sp³-hybridized carbons (Fsp3) is 0.0769. The molecule has 0 aromatic heterocycles. The van der Waals surface area contributed by atoms with Crippen molar-refractivity contribution < 1.29 is 17.0 Å². The molecule has 0 amide bonds. The van der Waals surface area contributed by atoms with Gasteiger partial charge < -0.3 is 17.0 Å². The molecule has 0 spiro atoms. The molecule has 0 aliphatic carbocycles. The zero-order valence-corrected chi connectivity index (χ0v) is 18.4. The Morgan fingerprint density at radius 2 is 0.750 bits per heavy atom. The Balaban J connectivity index is 0.00000225. The number of hydrogen-bond donors (Lipinski definition) is 0. The Hall–Kier alpha value is -2.21. The van der Waals surface area contributed by atoms with Crippen LogP contribution in [-0.2, 0) is 0 Å². The van der Waals surface area contributed by atoms with Gasteiger partial charge in [-0.05, 0) is 48.9 Å². The molecule has 4 rings (SSSR count). The van der Waals surface area contributed by atoms with E-state index in [2.05, 4.69) is 128 Å². The van der Waals surface area contributed by atoms with Crippen molar-refractivity contribution in [3.05, 3.63) is 127 Å². The summed E-state index contributed by atoms with van der Waals surface area (Å²) in [5, 5.41) is 4.29. The van der Waals surface area contributed by atoms with Crippen LogP contribution in [0.4, 0.5) is 0 Å². The van der Waals surface area contributed by atoms with Gasteiger partial charge in [-0.25, -0.2) is 0 Å². The standard InChI is InChI=1S/C26H24P.BrH/c1-22(23-14-6-2-7-15-23)27(24-16-8-3-9-17-24,25-18-10-4-11-19-25)26-20-12-5-13-21-26;/h2-22H,1H3;1H/q+1;/p-1. The summed E-state index contributed by atoms with van der Waals surface area (Å²) in [6.45, 7) is 2.40. The van der Waals surface area contributed by atoms with Crippen molar-refractivity contribution in [2.75, 3.05) is 0 Å². The van der Waals surface area contributed by atoms with Crippen LogP contribution in [0, 0.1) is 0 Å². The predicted molar refractivity (Wildman–Crippen MR) is 120 cm³/mol. The van der Waals surface area contributed by atoms with E-state index in [9.17, 15) is 0 Å². The van der Waals surface area contributed by atoms with Crippen LogP contribution in [0.2, 0.25) is 0 Å². The van der Waals surface area contributed by atoms with Gasteiger partial charge in [-0.3, -0.25) is 0 Å². The lowest BCUT2D eigenvalue weighted by atomic mass is 10.2. The van der Waals surface area contributed by atoms with Crippen molar-refractivity contribution in [2.45, 2.75) is 12.6 Å². The van der Waals surface area contributed by atoms with Gasteiger partial charge in [0.1, 0.15) is 28.8 Å². The van der Waals surface area contributed by atoms with Crippen molar-refractivity contribution in [1.82, 2.24) is 0 Å². The molecule has 0 aliphatic heterocycles. The van der Waals surface area contributed by atoms with E-state index >= 15 is 0 Å². The van der Waals surface area contributed by atoms with Gasteiger partial charge in [-0.2, -0.15) is 0 Å². The van der Waals surface area contributed by atoms with Crippen LogP contribution in [0.5, 0.6) is 0 Å². The largest absolute Gasteiger partial charge is 1.00 e. The van der Waals surface area contributed by atoms with Crippen LogP contribution in [0.3, 0.4) is 0 Å². The Kier molecular flexibility index (Phi) is 6.83. The summed E-state index contributed by atoms with van der Waals surface area (Å²) in [6.07, 6.45) is 0. The molecule has 0 fully saturated rings. The SMILES string of the molecule is CC(c1ccccc1)[P+](c1ccccc1)(c1ccccc1)c1ccccc1.[Br-]. The summed E-state index contributed by atoms with van der Waals surface area (Å²) < 4.78 is 0. The molecule has 2 heteroatoms. The minimum absolute atomic E-state index is 0. The fourth-order valence-corrected chi connectivity index (χ4v) is 8.85. The summed E-state index contributed by atoms with van der Waals surface area (Å²) in [5.41, 5.74) is 1.77. The Labute approximate surface area is 179 Å². The molecule has 4 aromatic rings. The van der Waals surface area contributed by atoms with Gasteiger partial charge in [0.15, 0.2) is 0 Å². The highest BCUT2D eigenvalue weighted by Gasteiger charge is 2.50. The summed E-state index contributed by atoms with van der Waals surface area (Å²) in [5.74, 6) is 0. The molecule has 28 heavy (non-hydrogen) atoms. The second kappa shape index (κ2) is 9.32. The second-order valence-electron chi connectivity index (χ2n) is 6.82. The lowest BCUT2D eigenvalue weighted by Gasteiger charge is -2.33. The third kappa shape index (κ3) is 3.70. The molecule has 1 atom stereocenters. The molecule has 0 nitrogen and oxygen atoms in total. The van der Waals surface area contributed by atoms with Gasteiger partial charge in [-0.1, -0.05) is 84.9 Å². The third-order valence-corrected chi connectivity index (χ3v) is 10.2. The molecule has 0 N–H and O–H groups in total. The van der Waals surface area contributed by atoms with E-state index in [-0.39, 0.29) is 17.0 Å². The van der Waals surface area contributed by atoms with Crippen LogP contribution >= 0.6 is 7.26 Å². The maximum atomic E-state index is 2.40. The minimum Gasteiger partial charge on any atom is -1.00 e. The zero-order valence-electron chi connectivity index (χ0n) is 15.9. The number of hydrogen-bond acceptors (Lipinski definition) is 0. The zero-order chi connectivity index (χ0) is 18.5. The van der Waals surface area contributed by atoms with Crippen molar-refractivity contribution in [2.24, 2.45) is 0 Å². The van der Waals surface area contributed by atoms with E-state index in [1.165, 1.54) is 21.5 Å². The van der Waals surface area contributed by atoms with Gasteiger partial charge in [0, 0.05) is 0 Å². The quantitative estimate of drug-likeness (QED) is 0.413. The molecule has 0 radical (unpaired) electrons. The van der Waals surface area contributed by atoms with E-state index in [1.807, 2.05) is 0 Å². The molecule has 0 saturated carbocycles. The number of halogens is 1. The average molecular weight is 447 g/mol. The van der Waals surface area contributed by atoms with Crippen molar-refractivity contribution in [1.29, 1.82) is 0 Å². The van der Waals surface area contributed by atoms with Crippen LogP contribution in [0.25, 0.3) is 0 Å². The molecule has 0 aliphatic rings. The molecular weight excluding hydrogens is 423 g/mol. The first kappa shape index (κ1) is 20.5. The van der Waals surface area contributed by atoms with Crippen LogP contribution in [0.1, 0.15) is 18.1 Å². The minimum atomic E-state index is -1.87. The molecule has 0 saturated heterocycles. The molecule has 4 aromatic carbocycles. The lowest BCUT2D eigenvalue weighted by Crippen LogP contribution is -3.00. The summed E-state index contributed by atoms with van der Waals surface area (Å²) in [7, 11) is -1.87. The summed E-state index contributed by atoms with van der Waals surface area (Å²) in [4.78, 5) is 0. The maximum Gasteiger partial charge on any atom is 0.119 e. The Bertz CT molecular complexity index is 873. The van der Waals surface area contributed by atoms with E-state index < -0.39 is 7.26 Å². The predicted octanol–water partition coefficient (Wildman–Crippen LogP) is 2.75. The monoisotopic (exact) mass is 446 g/mol. The number of rotatable bonds is 5. The first-order chi connectivity index (χ1) is 13.3. The van der Waals surface area contributed by atoms with Gasteiger partial charge >= 0.3 is 0 Å². The van der Waals surface area contributed by atoms with Crippen LogP contribution in [-0.4, -0.2) is 0 Å². The van der Waals surface area contributed by atoms with Gasteiger partial charge in [-0.15, -0.1) is 0 Å². The molecule has 0 bridgehead atoms. The molecule has 140 valence electrons. The van der Waals surface area contributed by atoms with E-state index in [4.69, 9.17) is 0 Å². The van der Waals surface area contributed by atoms with Gasteiger partial charge in [0.25, 0.3) is 0 Å². The van der Waals surface area contributed by atoms with Crippen molar-refractivity contribution >= 4 is 23.2 Å². The van der Waals surface area contributed by atoms with E-state index in [0.29, 0.717) is 5.66 Å². The first-order valence-electron chi connectivity index (χ1n) is 9.44. The average Bonchev–Trinajstić information content (AvgIpc) is 2.77. The number of benzene rings is 4. The van der Waals surface area contributed by atoms with E-state index in [0.717, 1.165) is 0 Å². The smallest absolute Gasteiger partial charge is 0.119 e. The fourth-order valence-electron chi connectivity index (χ4n) is 4.06. The second-order valence-corrected chi connectivity index (χ2v) is 10.6. The topological polar surface area (TPSA) is 0 Å². The highest BCUT2D eigenvalue weighted by atomic mass is 79.9. The Morgan fingerprint density at radius 1 is 0.464 bits per heavy atom. The highest BCUT2D eigenvalue weighted by molar-refractivity contribution is 7.95. The lowest BCUT2D eigenvalue weighted by molar-refractivity contribution is -0.00000522. The van der Waals surface area contributed by atoms with Crippen molar-refractivity contribution in [3.63, 3.8) is 0 Å². The van der Waals surface area contributed by atoms with Crippen LogP contribution in [0.15, 0.2) is 121 Å². The van der Waals surface area contributed by atoms with Gasteiger partial charge in [0.2, 0.25) is 0 Å². The molecule has 1 unspecified atom stereocenters.